The Hall–Kier alpha value is 2.71. The van der Waals surface area contributed by atoms with Crippen LogP contribution in [0.5, 0.6) is 0 Å². The van der Waals surface area contributed by atoms with Crippen LogP contribution in [0.3, 0.4) is 0 Å². The minimum atomic E-state index is 0. The molecule has 0 aromatic heterocycles. The zero-order chi connectivity index (χ0) is 13.3. The molecule has 0 aliphatic rings. The molecule has 0 aromatic carbocycles. The Morgan fingerprint density at radius 2 is 0.760 bits per heavy atom. The average molecular weight is 815 g/mol. The average Bonchev–Trinajstić information content (AvgIpc) is 2.39. The summed E-state index contributed by atoms with van der Waals surface area (Å²) in [5.41, 5.74) is 0. The predicted octanol–water partition coefficient (Wildman–Crippen LogP) is 5.31. The zero-order valence-corrected chi connectivity index (χ0v) is 27.5. The topological polar surface area (TPSA) is 94.7 Å². The van der Waals surface area contributed by atoms with Gasteiger partial charge in [0.2, 0.25) is 0 Å². The van der Waals surface area contributed by atoms with Crippen molar-refractivity contribution in [2.75, 3.05) is 6.61 Å². The first-order valence-corrected chi connectivity index (χ1v) is 9.22. The zero-order valence-electron chi connectivity index (χ0n) is 17.2. The number of hydrogen-bond acceptors (Lipinski definition) is 1. The maximum atomic E-state index is 5.19. The Kier molecular flexibility index (Phi) is 103. The summed E-state index contributed by atoms with van der Waals surface area (Å²) in [6, 6.07) is 0. The Morgan fingerprint density at radius 3 is 1.00 bits per heavy atom. The summed E-state index contributed by atoms with van der Waals surface area (Å²) in [5.74, 6) is 0. The van der Waals surface area contributed by atoms with Crippen LogP contribution in [0.1, 0.15) is 96.8 Å². The van der Waals surface area contributed by atoms with Gasteiger partial charge in [0.05, 0.1) is 0 Å². The molecule has 0 N–H and O–H groups in total. The molecule has 4 nitrogen and oxygen atoms in total. The summed E-state index contributed by atoms with van der Waals surface area (Å²) >= 11 is 0. The van der Waals surface area contributed by atoms with Gasteiger partial charge in [0.15, 0.2) is 0 Å². The van der Waals surface area contributed by atoms with Crippen molar-refractivity contribution in [3.8, 4) is 0 Å². The van der Waals surface area contributed by atoms with Crippen molar-refractivity contribution >= 4 is 10.5 Å². The van der Waals surface area contributed by atoms with E-state index in [4.69, 9.17) is 4.43 Å². The van der Waals surface area contributed by atoms with Crippen LogP contribution < -0.4 is 0 Å². The summed E-state index contributed by atoms with van der Waals surface area (Å²) in [6.07, 6.45) is 20.1. The molecule has 0 fully saturated rings. The van der Waals surface area contributed by atoms with Crippen molar-refractivity contribution in [2.24, 2.45) is 0 Å². The van der Waals surface area contributed by atoms with Crippen LogP contribution in [0.4, 0.5) is 0 Å². The summed E-state index contributed by atoms with van der Waals surface area (Å²) in [6.45, 7) is 3.29. The van der Waals surface area contributed by atoms with Crippen LogP contribution in [0.15, 0.2) is 0 Å². The second-order valence-corrected chi connectivity index (χ2v) is 6.17. The van der Waals surface area contributed by atoms with Gasteiger partial charge in [-0.05, 0) is 6.42 Å². The van der Waals surface area contributed by atoms with Gasteiger partial charge < -0.3 is 35.7 Å². The fourth-order valence-electron chi connectivity index (χ4n) is 2.44. The van der Waals surface area contributed by atoms with Gasteiger partial charge in [-0.25, -0.2) is 0 Å². The van der Waals surface area contributed by atoms with E-state index in [2.05, 4.69) is 6.92 Å². The molecule has 0 amide bonds. The molecule has 0 aliphatic heterocycles. The van der Waals surface area contributed by atoms with Crippen molar-refractivity contribution in [3.63, 3.8) is 0 Å². The minimum absolute atomic E-state index is 0. The van der Waals surface area contributed by atoms with E-state index >= 15 is 0 Å². The van der Waals surface area contributed by atoms with Gasteiger partial charge in [0.25, 0.3) is 0 Å². The standard InChI is InChI=1S/C16H36OSi.2CH3.3O.2Th/c1-2-3-4-5-6-7-8-9-10-11-12-13-14-15-16-17-18;;;;;;;/h2-16H2,1,18H3;2*1H3;;;;;/q;2*-1;3*-2;2*+4. The second-order valence-electron chi connectivity index (χ2n) is 5.59. The largest absolute Gasteiger partial charge is 4.00 e. The van der Waals surface area contributed by atoms with Crippen LogP contribution in [0.25, 0.3) is 0 Å². The Morgan fingerprint density at radius 1 is 0.520 bits per heavy atom. The van der Waals surface area contributed by atoms with Gasteiger partial charge in [0.1, 0.15) is 10.5 Å². The quantitative estimate of drug-likeness (QED) is 0.125. The van der Waals surface area contributed by atoms with Gasteiger partial charge in [-0.15, -0.1) is 0 Å². The van der Waals surface area contributed by atoms with Crippen LogP contribution in [0.2, 0.25) is 0 Å². The van der Waals surface area contributed by atoms with Crippen molar-refractivity contribution in [3.05, 3.63) is 14.9 Å². The normalized spacial score (nSPS) is 8.04. The molecule has 0 aromatic rings. The Balaban J connectivity index is -0.0000000688. The molecule has 150 valence electrons. The van der Waals surface area contributed by atoms with Crippen LogP contribution in [-0.4, -0.2) is 17.1 Å². The van der Waals surface area contributed by atoms with E-state index in [0.717, 1.165) is 17.1 Å². The van der Waals surface area contributed by atoms with Crippen molar-refractivity contribution < 1.29 is 101 Å². The summed E-state index contributed by atoms with van der Waals surface area (Å²) in [5, 5.41) is 0. The van der Waals surface area contributed by atoms with Gasteiger partial charge in [-0.3, -0.25) is 0 Å². The summed E-state index contributed by atoms with van der Waals surface area (Å²) < 4.78 is 5.19. The predicted molar refractivity (Wildman–Crippen MR) is 101 cm³/mol. The van der Waals surface area contributed by atoms with E-state index in [1.807, 2.05) is 0 Å². The van der Waals surface area contributed by atoms with Crippen molar-refractivity contribution in [1.82, 2.24) is 0 Å². The number of hydrogen-bond donors (Lipinski definition) is 0. The Bertz CT molecular complexity index is 143. The molecule has 0 unspecified atom stereocenters. The summed E-state index contributed by atoms with van der Waals surface area (Å²) in [7, 11) is 0.910. The smallest absolute Gasteiger partial charge is 2.00 e. The number of unbranched alkanes of at least 4 members (excludes halogenated alkanes) is 13. The van der Waals surface area contributed by atoms with Gasteiger partial charge in [0, 0.05) is 6.61 Å². The van der Waals surface area contributed by atoms with E-state index < -0.39 is 0 Å². The first-order valence-electron chi connectivity index (χ1n) is 8.40. The summed E-state index contributed by atoms with van der Waals surface area (Å²) in [4.78, 5) is 0. The monoisotopic (exact) mass is 814 g/mol. The van der Waals surface area contributed by atoms with Crippen LogP contribution in [0, 0.1) is 94.7 Å². The van der Waals surface area contributed by atoms with Crippen molar-refractivity contribution in [2.45, 2.75) is 96.8 Å². The van der Waals surface area contributed by atoms with Gasteiger partial charge in [-0.1, -0.05) is 90.4 Å². The first-order chi connectivity index (χ1) is 8.91. The molecule has 0 bridgehead atoms. The van der Waals surface area contributed by atoms with Crippen molar-refractivity contribution in [1.29, 1.82) is 0 Å². The first kappa shape index (κ1) is 50.9. The second kappa shape index (κ2) is 50.4. The molecular formula is C18H42O4SiTh2. The van der Waals surface area contributed by atoms with E-state index in [1.54, 1.807) is 0 Å². The Labute approximate surface area is 226 Å². The maximum absolute atomic E-state index is 5.19. The van der Waals surface area contributed by atoms with E-state index in [9.17, 15) is 0 Å². The van der Waals surface area contributed by atoms with Crippen LogP contribution >= 0.6 is 0 Å². The molecule has 0 aliphatic carbocycles. The van der Waals surface area contributed by atoms with E-state index in [0.29, 0.717) is 0 Å². The van der Waals surface area contributed by atoms with Gasteiger partial charge in [-0.2, -0.15) is 0 Å². The SMILES string of the molecule is CCCCCCCCCCCCCCCCO[SiH3].[CH3-].[CH3-].[O-2].[O-2].[O-2].[Th+4].[Th+4]. The van der Waals surface area contributed by atoms with Crippen LogP contribution in [-0.2, 0) is 20.9 Å². The number of rotatable bonds is 15. The van der Waals surface area contributed by atoms with E-state index in [1.165, 1.54) is 89.9 Å². The minimum Gasteiger partial charge on any atom is -2.00 e. The fourth-order valence-corrected chi connectivity index (χ4v) is 2.73. The third-order valence-corrected chi connectivity index (χ3v) is 4.11. The molecule has 0 heterocycles. The molecule has 25 heavy (non-hydrogen) atoms. The molecule has 0 rings (SSSR count). The molecular weight excluding hydrogens is 772 g/mol. The molecule has 7 heteroatoms. The maximum Gasteiger partial charge on any atom is 4.00 e. The molecule has 0 spiro atoms. The molecule has 0 saturated carbocycles. The van der Waals surface area contributed by atoms with Gasteiger partial charge >= 0.3 is 79.9 Å². The third kappa shape index (κ3) is 52.0. The molecule has 0 radical (unpaired) electrons. The molecule has 0 saturated heterocycles. The third-order valence-electron chi connectivity index (χ3n) is 3.70. The molecule has 0 atom stereocenters. The fraction of sp³-hybridized carbons (Fsp3) is 0.889. The van der Waals surface area contributed by atoms with E-state index in [-0.39, 0.29) is 111 Å².